The smallest absolute Gasteiger partial charge is 0.274 e. The third-order valence-electron chi connectivity index (χ3n) is 6.49. The summed E-state index contributed by atoms with van der Waals surface area (Å²) < 4.78 is 25.5. The van der Waals surface area contributed by atoms with E-state index in [4.69, 9.17) is 9.47 Å². The number of morpholine rings is 1. The highest BCUT2D eigenvalue weighted by atomic mass is 19.1. The number of methoxy groups -OCH3 is 1. The number of nitrogens with zero attached hydrogens (tertiary/aromatic N) is 5. The summed E-state index contributed by atoms with van der Waals surface area (Å²) in [5.74, 6) is -0.849. The van der Waals surface area contributed by atoms with Crippen LogP contribution >= 0.6 is 0 Å². The van der Waals surface area contributed by atoms with Gasteiger partial charge in [0, 0.05) is 37.2 Å². The number of benzene rings is 2. The third kappa shape index (κ3) is 5.44. The highest BCUT2D eigenvalue weighted by Crippen LogP contribution is 2.35. The van der Waals surface area contributed by atoms with Gasteiger partial charge in [-0.05, 0) is 42.0 Å². The monoisotopic (exact) mass is 540 g/mol. The van der Waals surface area contributed by atoms with Gasteiger partial charge in [0.15, 0.2) is 5.82 Å². The number of hydrogen-bond donors (Lipinski definition) is 2. The molecule has 1 atom stereocenters. The van der Waals surface area contributed by atoms with Crippen LogP contribution in [0.5, 0.6) is 5.75 Å². The highest BCUT2D eigenvalue weighted by Gasteiger charge is 2.24. The largest absolute Gasteiger partial charge is 0.496 e. The summed E-state index contributed by atoms with van der Waals surface area (Å²) in [6, 6.07) is 15.0. The number of aromatic nitrogens is 3. The van der Waals surface area contributed by atoms with Crippen LogP contribution in [0.2, 0.25) is 0 Å². The van der Waals surface area contributed by atoms with Crippen molar-refractivity contribution in [2.75, 3.05) is 43.6 Å². The van der Waals surface area contributed by atoms with Gasteiger partial charge < -0.3 is 24.8 Å². The van der Waals surface area contributed by atoms with Gasteiger partial charge in [0.1, 0.15) is 17.3 Å². The molecule has 0 saturated carbocycles. The molecule has 1 aliphatic heterocycles. The SMILES string of the molecule is COc1cccc(F)c1-c1nccc(C(=O)Nc2ccc(-c3cnccc3C#N)cc2N2CCOC(CO)C2)n1. The van der Waals surface area contributed by atoms with Crippen molar-refractivity contribution in [3.05, 3.63) is 84.2 Å². The van der Waals surface area contributed by atoms with Crippen LogP contribution in [0.3, 0.4) is 0 Å². The number of ether oxygens (including phenoxy) is 2. The second-order valence-corrected chi connectivity index (χ2v) is 8.92. The van der Waals surface area contributed by atoms with Crippen LogP contribution < -0.4 is 15.0 Å². The summed E-state index contributed by atoms with van der Waals surface area (Å²) in [5.41, 5.74) is 3.09. The summed E-state index contributed by atoms with van der Waals surface area (Å²) in [6.45, 7) is 1.15. The van der Waals surface area contributed by atoms with Gasteiger partial charge in [0.05, 0.1) is 55.0 Å². The van der Waals surface area contributed by atoms with Gasteiger partial charge in [-0.3, -0.25) is 9.78 Å². The highest BCUT2D eigenvalue weighted by molar-refractivity contribution is 6.05. The van der Waals surface area contributed by atoms with E-state index in [2.05, 4.69) is 26.3 Å². The molecule has 2 N–H and O–H groups in total. The minimum Gasteiger partial charge on any atom is -0.496 e. The first-order valence-electron chi connectivity index (χ1n) is 12.5. The zero-order chi connectivity index (χ0) is 28.1. The fourth-order valence-electron chi connectivity index (χ4n) is 4.52. The number of nitriles is 1. The number of aliphatic hydroxyl groups excluding tert-OH is 1. The first-order valence-corrected chi connectivity index (χ1v) is 12.5. The Balaban J connectivity index is 1.51. The van der Waals surface area contributed by atoms with Gasteiger partial charge in [-0.25, -0.2) is 14.4 Å². The molecule has 1 saturated heterocycles. The Morgan fingerprint density at radius 3 is 2.95 bits per heavy atom. The predicted molar refractivity (Wildman–Crippen MR) is 145 cm³/mol. The average molecular weight is 541 g/mol. The number of carbonyl (C=O) groups is 1. The summed E-state index contributed by atoms with van der Waals surface area (Å²) in [5, 5.41) is 22.2. The molecule has 1 unspecified atom stereocenters. The topological polar surface area (TPSA) is 133 Å². The Bertz CT molecular complexity index is 1590. The number of halogens is 1. The fourth-order valence-corrected chi connectivity index (χ4v) is 4.52. The van der Waals surface area contributed by atoms with Crippen molar-refractivity contribution < 1.29 is 23.8 Å². The standard InChI is InChI=1S/C29H25FN6O4/c1-39-26-4-2-3-22(30)27(26)28-33-10-8-24(34-28)29(38)35-23-6-5-18(21-15-32-9-7-19(21)14-31)13-25(23)36-11-12-40-20(16-36)17-37/h2-10,13,15,20,37H,11-12,16-17H2,1H3,(H,35,38). The lowest BCUT2D eigenvalue weighted by Crippen LogP contribution is -2.44. The Hall–Kier alpha value is -4.92. The second-order valence-electron chi connectivity index (χ2n) is 8.92. The molecule has 0 radical (unpaired) electrons. The van der Waals surface area contributed by atoms with E-state index >= 15 is 0 Å². The molecule has 11 heteroatoms. The van der Waals surface area contributed by atoms with Crippen molar-refractivity contribution in [3.63, 3.8) is 0 Å². The maximum absolute atomic E-state index is 14.6. The fraction of sp³-hybridized carbons (Fsp3) is 0.207. The molecule has 3 heterocycles. The molecule has 202 valence electrons. The summed E-state index contributed by atoms with van der Waals surface area (Å²) >= 11 is 0. The van der Waals surface area contributed by atoms with Crippen LogP contribution in [0, 0.1) is 17.1 Å². The van der Waals surface area contributed by atoms with E-state index in [0.717, 1.165) is 5.56 Å². The quantitative estimate of drug-likeness (QED) is 0.360. The van der Waals surface area contributed by atoms with Gasteiger partial charge in [0.2, 0.25) is 0 Å². The molecule has 2 aromatic heterocycles. The molecule has 1 fully saturated rings. The number of anilines is 2. The lowest BCUT2D eigenvalue weighted by Gasteiger charge is -2.35. The Morgan fingerprint density at radius 1 is 1.27 bits per heavy atom. The van der Waals surface area contributed by atoms with E-state index in [1.807, 2.05) is 11.0 Å². The van der Waals surface area contributed by atoms with E-state index in [1.165, 1.54) is 31.5 Å². The zero-order valence-electron chi connectivity index (χ0n) is 21.5. The third-order valence-corrected chi connectivity index (χ3v) is 6.49. The van der Waals surface area contributed by atoms with Crippen LogP contribution in [-0.4, -0.2) is 65.5 Å². The predicted octanol–water partition coefficient (Wildman–Crippen LogP) is 3.67. The minimum atomic E-state index is -0.576. The van der Waals surface area contributed by atoms with Crippen LogP contribution in [-0.2, 0) is 4.74 Å². The summed E-state index contributed by atoms with van der Waals surface area (Å²) in [7, 11) is 1.41. The number of amides is 1. The molecule has 0 spiro atoms. The summed E-state index contributed by atoms with van der Waals surface area (Å²) in [4.78, 5) is 28.0. The first kappa shape index (κ1) is 26.7. The maximum Gasteiger partial charge on any atom is 0.274 e. The molecule has 2 aromatic carbocycles. The van der Waals surface area contributed by atoms with Gasteiger partial charge in [-0.2, -0.15) is 5.26 Å². The van der Waals surface area contributed by atoms with Gasteiger partial charge in [-0.1, -0.05) is 12.1 Å². The molecule has 40 heavy (non-hydrogen) atoms. The molecule has 4 aromatic rings. The molecule has 1 amide bonds. The van der Waals surface area contributed by atoms with Crippen molar-refractivity contribution in [1.82, 2.24) is 15.0 Å². The molecule has 0 bridgehead atoms. The number of rotatable bonds is 7. The van der Waals surface area contributed by atoms with Crippen LogP contribution in [0.25, 0.3) is 22.5 Å². The Kier molecular flexibility index (Phi) is 7.91. The summed E-state index contributed by atoms with van der Waals surface area (Å²) in [6.07, 6.45) is 4.16. The van der Waals surface area contributed by atoms with Crippen molar-refractivity contribution in [2.45, 2.75) is 6.10 Å². The number of aliphatic hydroxyl groups is 1. The zero-order valence-corrected chi connectivity index (χ0v) is 21.5. The van der Waals surface area contributed by atoms with Crippen molar-refractivity contribution in [3.8, 4) is 34.3 Å². The van der Waals surface area contributed by atoms with E-state index in [9.17, 15) is 19.6 Å². The van der Waals surface area contributed by atoms with E-state index in [0.29, 0.717) is 42.2 Å². The van der Waals surface area contributed by atoms with E-state index < -0.39 is 17.8 Å². The molecule has 0 aliphatic carbocycles. The number of carbonyl (C=O) groups excluding carboxylic acids is 1. The molecular weight excluding hydrogens is 515 g/mol. The second kappa shape index (κ2) is 11.9. The molecule has 1 aliphatic rings. The van der Waals surface area contributed by atoms with E-state index in [-0.39, 0.29) is 29.4 Å². The van der Waals surface area contributed by atoms with Gasteiger partial charge in [-0.15, -0.1) is 0 Å². The first-order chi connectivity index (χ1) is 19.5. The Labute approximate surface area is 229 Å². The number of pyridine rings is 1. The normalized spacial score (nSPS) is 14.8. The van der Waals surface area contributed by atoms with Crippen molar-refractivity contribution in [1.29, 1.82) is 5.26 Å². The lowest BCUT2D eigenvalue weighted by atomic mass is 10.0. The van der Waals surface area contributed by atoms with Crippen molar-refractivity contribution in [2.24, 2.45) is 0 Å². The number of nitrogens with one attached hydrogen (secondary N) is 1. The molecular formula is C29H25FN6O4. The van der Waals surface area contributed by atoms with Crippen LogP contribution in [0.15, 0.2) is 67.1 Å². The van der Waals surface area contributed by atoms with E-state index in [1.54, 1.807) is 36.7 Å². The number of hydrogen-bond acceptors (Lipinski definition) is 9. The molecule has 5 rings (SSSR count). The maximum atomic E-state index is 14.6. The van der Waals surface area contributed by atoms with Gasteiger partial charge >= 0.3 is 0 Å². The van der Waals surface area contributed by atoms with Gasteiger partial charge in [0.25, 0.3) is 5.91 Å². The molecule has 10 nitrogen and oxygen atoms in total. The average Bonchev–Trinajstić information content (AvgIpc) is 3.01. The van der Waals surface area contributed by atoms with Crippen LogP contribution in [0.4, 0.5) is 15.8 Å². The van der Waals surface area contributed by atoms with Crippen LogP contribution in [0.1, 0.15) is 16.1 Å². The minimum absolute atomic E-state index is 0.0118. The Morgan fingerprint density at radius 2 is 2.15 bits per heavy atom. The lowest BCUT2D eigenvalue weighted by molar-refractivity contribution is 0.00360. The van der Waals surface area contributed by atoms with Crippen molar-refractivity contribution >= 4 is 17.3 Å².